The van der Waals surface area contributed by atoms with Gasteiger partial charge >= 0.3 is 0 Å². The van der Waals surface area contributed by atoms with Crippen LogP contribution in [0.4, 0.5) is 5.69 Å². The van der Waals surface area contributed by atoms with Gasteiger partial charge < -0.3 is 15.1 Å². The van der Waals surface area contributed by atoms with Crippen molar-refractivity contribution in [3.8, 4) is 0 Å². The standard InChI is InChI=1S/C24H29Cl2N5O/c1-17-19(16-22(29(17)2)18-6-8-27-9-7-18)24(32)28-10-11-30-12-14-31(15-13-30)21-5-3-4-20(25)23(21)26/h3-9,16-17,19H,10-15H2,1-2H3,(H,28,32). The molecule has 3 heterocycles. The van der Waals surface area contributed by atoms with Crippen LogP contribution in [0.2, 0.25) is 10.0 Å². The van der Waals surface area contributed by atoms with Crippen LogP contribution in [0.1, 0.15) is 12.5 Å². The lowest BCUT2D eigenvalue weighted by atomic mass is 10.0. The van der Waals surface area contributed by atoms with E-state index >= 15 is 0 Å². The molecule has 1 aromatic heterocycles. The average Bonchev–Trinajstić information content (AvgIpc) is 3.11. The van der Waals surface area contributed by atoms with E-state index < -0.39 is 0 Å². The van der Waals surface area contributed by atoms with Gasteiger partial charge in [0.05, 0.1) is 21.7 Å². The molecule has 4 rings (SSSR count). The van der Waals surface area contributed by atoms with Crippen LogP contribution in [0, 0.1) is 5.92 Å². The molecule has 0 aliphatic carbocycles. The van der Waals surface area contributed by atoms with Crippen LogP contribution in [0.15, 0.2) is 48.8 Å². The van der Waals surface area contributed by atoms with Gasteiger partial charge in [-0.05, 0) is 37.3 Å². The second kappa shape index (κ2) is 10.1. The first kappa shape index (κ1) is 22.9. The SMILES string of the molecule is CC1C(C(=O)NCCN2CCN(c3cccc(Cl)c3Cl)CC2)C=C(c2ccncc2)N1C. The first-order valence-corrected chi connectivity index (χ1v) is 11.8. The van der Waals surface area contributed by atoms with Crippen molar-refractivity contribution in [1.82, 2.24) is 20.1 Å². The molecule has 0 saturated carbocycles. The lowest BCUT2D eigenvalue weighted by molar-refractivity contribution is -0.124. The fourth-order valence-electron chi connectivity index (χ4n) is 4.41. The van der Waals surface area contributed by atoms with E-state index in [0.717, 1.165) is 49.7 Å². The lowest BCUT2D eigenvalue weighted by Gasteiger charge is -2.36. The van der Waals surface area contributed by atoms with E-state index in [9.17, 15) is 4.79 Å². The average molecular weight is 474 g/mol. The minimum absolute atomic E-state index is 0.0813. The number of rotatable bonds is 6. The summed E-state index contributed by atoms with van der Waals surface area (Å²) >= 11 is 12.5. The number of anilines is 1. The zero-order valence-corrected chi connectivity index (χ0v) is 20.0. The third-order valence-corrected chi connectivity index (χ3v) is 7.31. The lowest BCUT2D eigenvalue weighted by Crippen LogP contribution is -2.49. The highest BCUT2D eigenvalue weighted by Gasteiger charge is 2.34. The third-order valence-electron chi connectivity index (χ3n) is 6.50. The van der Waals surface area contributed by atoms with Gasteiger partial charge in [-0.25, -0.2) is 0 Å². The molecule has 0 bridgehead atoms. The van der Waals surface area contributed by atoms with Gasteiger partial charge in [0.25, 0.3) is 0 Å². The van der Waals surface area contributed by atoms with Crippen LogP contribution < -0.4 is 10.2 Å². The van der Waals surface area contributed by atoms with Crippen molar-refractivity contribution in [2.75, 3.05) is 51.2 Å². The number of halogens is 2. The number of benzene rings is 1. The molecule has 32 heavy (non-hydrogen) atoms. The van der Waals surface area contributed by atoms with E-state index in [1.54, 1.807) is 12.4 Å². The van der Waals surface area contributed by atoms with E-state index in [0.29, 0.717) is 16.6 Å². The molecule has 1 N–H and O–H groups in total. The summed E-state index contributed by atoms with van der Waals surface area (Å²) < 4.78 is 0. The number of nitrogens with zero attached hydrogens (tertiary/aromatic N) is 4. The Morgan fingerprint density at radius 3 is 2.56 bits per heavy atom. The van der Waals surface area contributed by atoms with E-state index in [1.165, 1.54) is 0 Å². The third kappa shape index (κ3) is 4.87. The van der Waals surface area contributed by atoms with Crippen molar-refractivity contribution in [3.05, 3.63) is 64.4 Å². The predicted octanol–water partition coefficient (Wildman–Crippen LogP) is 3.62. The van der Waals surface area contributed by atoms with Gasteiger partial charge in [0.2, 0.25) is 5.91 Å². The van der Waals surface area contributed by atoms with Crippen LogP contribution in [-0.4, -0.2) is 73.0 Å². The Morgan fingerprint density at radius 1 is 1.12 bits per heavy atom. The van der Waals surface area contributed by atoms with Gasteiger partial charge in [0.15, 0.2) is 0 Å². The fourth-order valence-corrected chi connectivity index (χ4v) is 4.82. The zero-order valence-electron chi connectivity index (χ0n) is 18.5. The molecule has 6 nitrogen and oxygen atoms in total. The molecule has 2 aromatic rings. The Labute approximate surface area is 199 Å². The molecular weight excluding hydrogens is 445 g/mol. The summed E-state index contributed by atoms with van der Waals surface area (Å²) in [6.07, 6.45) is 5.63. The van der Waals surface area contributed by atoms with Crippen molar-refractivity contribution in [2.45, 2.75) is 13.0 Å². The number of carbonyl (C=O) groups is 1. The summed E-state index contributed by atoms with van der Waals surface area (Å²) in [7, 11) is 2.04. The number of aromatic nitrogens is 1. The smallest absolute Gasteiger partial charge is 0.229 e. The van der Waals surface area contributed by atoms with Crippen LogP contribution in [0.5, 0.6) is 0 Å². The topological polar surface area (TPSA) is 51.7 Å². The van der Waals surface area contributed by atoms with Gasteiger partial charge in [-0.2, -0.15) is 0 Å². The molecule has 1 saturated heterocycles. The molecule has 1 aromatic carbocycles. The van der Waals surface area contributed by atoms with Crippen molar-refractivity contribution >= 4 is 40.5 Å². The van der Waals surface area contributed by atoms with Crippen LogP contribution in [0.25, 0.3) is 5.70 Å². The largest absolute Gasteiger partial charge is 0.371 e. The second-order valence-electron chi connectivity index (χ2n) is 8.36. The molecule has 170 valence electrons. The van der Waals surface area contributed by atoms with Gasteiger partial charge in [0.1, 0.15) is 0 Å². The number of carbonyl (C=O) groups excluding carboxylic acids is 1. The summed E-state index contributed by atoms with van der Waals surface area (Å²) in [5.74, 6) is -0.0808. The highest BCUT2D eigenvalue weighted by molar-refractivity contribution is 6.43. The van der Waals surface area contributed by atoms with Crippen molar-refractivity contribution in [1.29, 1.82) is 0 Å². The second-order valence-corrected chi connectivity index (χ2v) is 9.14. The number of hydrogen-bond acceptors (Lipinski definition) is 5. The minimum Gasteiger partial charge on any atom is -0.371 e. The normalized spacial score (nSPS) is 21.6. The van der Waals surface area contributed by atoms with E-state index in [1.807, 2.05) is 37.4 Å². The highest BCUT2D eigenvalue weighted by atomic mass is 35.5. The Bertz CT molecular complexity index is 976. The molecule has 0 radical (unpaired) electrons. The summed E-state index contributed by atoms with van der Waals surface area (Å²) in [5, 5.41) is 4.34. The maximum Gasteiger partial charge on any atom is 0.229 e. The number of pyridine rings is 1. The minimum atomic E-state index is -0.162. The van der Waals surface area contributed by atoms with Crippen LogP contribution in [-0.2, 0) is 4.79 Å². The quantitative estimate of drug-likeness (QED) is 0.694. The highest BCUT2D eigenvalue weighted by Crippen LogP contribution is 2.33. The van der Waals surface area contributed by atoms with E-state index in [4.69, 9.17) is 23.2 Å². The Balaban J connectivity index is 1.26. The van der Waals surface area contributed by atoms with Crippen molar-refractivity contribution in [3.63, 3.8) is 0 Å². The fraction of sp³-hybridized carbons (Fsp3) is 0.417. The van der Waals surface area contributed by atoms with Gasteiger partial charge in [-0.15, -0.1) is 0 Å². The number of nitrogens with one attached hydrogen (secondary N) is 1. The molecule has 8 heteroatoms. The molecule has 1 fully saturated rings. The molecule has 2 aliphatic heterocycles. The molecule has 0 spiro atoms. The summed E-state index contributed by atoms with van der Waals surface area (Å²) in [6, 6.07) is 9.82. The number of hydrogen-bond donors (Lipinski definition) is 1. The van der Waals surface area contributed by atoms with Crippen LogP contribution >= 0.6 is 23.2 Å². The number of amides is 1. The molecule has 2 unspecified atom stereocenters. The van der Waals surface area contributed by atoms with Crippen LogP contribution in [0.3, 0.4) is 0 Å². The maximum atomic E-state index is 12.9. The first-order valence-electron chi connectivity index (χ1n) is 11.0. The first-order chi connectivity index (χ1) is 15.5. The molecule has 1 amide bonds. The maximum absolute atomic E-state index is 12.9. The summed E-state index contributed by atoms with van der Waals surface area (Å²) in [6.45, 7) is 7.19. The summed E-state index contributed by atoms with van der Waals surface area (Å²) in [4.78, 5) is 23.8. The van der Waals surface area contributed by atoms with E-state index in [2.05, 4.69) is 38.0 Å². The van der Waals surface area contributed by atoms with Crippen molar-refractivity contribution < 1.29 is 4.79 Å². The molecular formula is C24H29Cl2N5O. The van der Waals surface area contributed by atoms with Gasteiger partial charge in [0, 0.05) is 76.0 Å². The van der Waals surface area contributed by atoms with Gasteiger partial charge in [-0.1, -0.05) is 29.3 Å². The summed E-state index contributed by atoms with van der Waals surface area (Å²) in [5.41, 5.74) is 3.15. The van der Waals surface area contributed by atoms with Crippen molar-refractivity contribution in [2.24, 2.45) is 5.92 Å². The van der Waals surface area contributed by atoms with E-state index in [-0.39, 0.29) is 17.9 Å². The number of piperazine rings is 1. The Hall–Kier alpha value is -2.28. The monoisotopic (exact) mass is 473 g/mol. The Morgan fingerprint density at radius 2 is 1.84 bits per heavy atom. The zero-order chi connectivity index (χ0) is 22.7. The predicted molar refractivity (Wildman–Crippen MR) is 131 cm³/mol. The molecule has 2 atom stereocenters. The molecule has 2 aliphatic rings. The van der Waals surface area contributed by atoms with Gasteiger partial charge in [-0.3, -0.25) is 14.7 Å². The Kier molecular flexibility index (Phi) is 7.23.